The summed E-state index contributed by atoms with van der Waals surface area (Å²) < 4.78 is 66.3. The normalized spacial score (nSPS) is 12.0. The van der Waals surface area contributed by atoms with Crippen molar-refractivity contribution in [3.05, 3.63) is 60.4 Å². The zero-order valence-electron chi connectivity index (χ0n) is 16.0. The molecule has 0 aliphatic rings. The number of hydrogen-bond acceptors (Lipinski definition) is 7. The fourth-order valence-electron chi connectivity index (χ4n) is 2.27. The molecule has 11 heteroatoms. The van der Waals surface area contributed by atoms with E-state index in [0.29, 0.717) is 5.56 Å². The van der Waals surface area contributed by atoms with E-state index in [-0.39, 0.29) is 29.4 Å². The fourth-order valence-corrected chi connectivity index (χ4v) is 2.71. The second kappa shape index (κ2) is 9.08. The van der Waals surface area contributed by atoms with Gasteiger partial charge in [-0.25, -0.2) is 4.98 Å². The minimum absolute atomic E-state index is 0.0384. The van der Waals surface area contributed by atoms with Gasteiger partial charge in [0.25, 0.3) is 0 Å². The van der Waals surface area contributed by atoms with Gasteiger partial charge in [-0.05, 0) is 19.1 Å². The summed E-state index contributed by atoms with van der Waals surface area (Å²) in [5, 5.41) is 0. The maximum absolute atomic E-state index is 12.9. The maximum Gasteiger partial charge on any atom is 0.534 e. The van der Waals surface area contributed by atoms with E-state index in [2.05, 4.69) is 20.7 Å². The summed E-state index contributed by atoms with van der Waals surface area (Å²) >= 11 is 0. The molecule has 0 radical (unpaired) electrons. The summed E-state index contributed by atoms with van der Waals surface area (Å²) in [7, 11) is -4.45. The first kappa shape index (κ1) is 23.1. The van der Waals surface area contributed by atoms with Crippen molar-refractivity contribution in [2.75, 3.05) is 7.05 Å². The summed E-state index contributed by atoms with van der Waals surface area (Å²) in [4.78, 5) is 20.7. The lowest BCUT2D eigenvalue weighted by atomic mass is 10.1. The summed E-state index contributed by atoms with van der Waals surface area (Å²) in [6.07, 6.45) is 3.86. The third-order valence-corrected chi connectivity index (χ3v) is 4.61. The van der Waals surface area contributed by atoms with Crippen molar-refractivity contribution in [1.82, 2.24) is 14.9 Å². The summed E-state index contributed by atoms with van der Waals surface area (Å²) in [5.74, 6) is -1.07. The molecule has 0 fully saturated rings. The van der Waals surface area contributed by atoms with Crippen LogP contribution in [-0.2, 0) is 21.5 Å². The Hall–Kier alpha value is -3.21. The van der Waals surface area contributed by atoms with Crippen LogP contribution < -0.4 is 4.18 Å². The first-order valence-corrected chi connectivity index (χ1v) is 9.84. The number of rotatable bonds is 8. The molecule has 0 atom stereocenters. The van der Waals surface area contributed by atoms with E-state index in [1.807, 2.05) is 0 Å². The van der Waals surface area contributed by atoms with Gasteiger partial charge < -0.3 is 9.08 Å². The van der Waals surface area contributed by atoms with Gasteiger partial charge in [0.2, 0.25) is 5.88 Å². The lowest BCUT2D eigenvalue weighted by molar-refractivity contribution is -0.112. The highest BCUT2D eigenvalue weighted by Crippen LogP contribution is 2.31. The molecule has 0 aliphatic carbocycles. The number of alkyl halides is 3. The molecule has 7 nitrogen and oxygen atoms in total. The predicted octanol–water partition coefficient (Wildman–Crippen LogP) is 3.55. The number of allylic oxidation sites excluding steroid dienone is 1. The van der Waals surface area contributed by atoms with Crippen molar-refractivity contribution in [3.8, 4) is 17.3 Å². The van der Waals surface area contributed by atoms with E-state index in [9.17, 15) is 26.4 Å². The van der Waals surface area contributed by atoms with Gasteiger partial charge in [-0.15, -0.1) is 0 Å². The lowest BCUT2D eigenvalue weighted by Crippen LogP contribution is -2.29. The Labute approximate surface area is 171 Å². The molecule has 2 rings (SSSR count). The van der Waals surface area contributed by atoms with Gasteiger partial charge in [0.1, 0.15) is 0 Å². The minimum atomic E-state index is -5.97. The molecule has 30 heavy (non-hydrogen) atoms. The van der Waals surface area contributed by atoms with Crippen LogP contribution in [0.3, 0.4) is 0 Å². The molecular formula is C19H18F3N3O4S. The molecule has 1 heterocycles. The fraction of sp³-hybridized carbons (Fsp3) is 0.211. The lowest BCUT2D eigenvalue weighted by Gasteiger charge is -2.19. The van der Waals surface area contributed by atoms with Crippen LogP contribution in [0.5, 0.6) is 5.88 Å². The van der Waals surface area contributed by atoms with Crippen LogP contribution in [0, 0.1) is 0 Å². The number of ketones is 1. The standard InChI is InChI=1S/C19H18F3N3O4S/c1-4-16-15(12-25(3)11-10-13(2)26)18(29-30(27,28)19(20,21)22)24-17(23-16)14-8-6-5-7-9-14/h4-11H,1,12H2,2-3H3/b11-10+. The van der Waals surface area contributed by atoms with Gasteiger partial charge in [0, 0.05) is 25.4 Å². The Morgan fingerprint density at radius 3 is 2.40 bits per heavy atom. The van der Waals surface area contributed by atoms with Gasteiger partial charge in [0.15, 0.2) is 11.6 Å². The Balaban J connectivity index is 2.63. The molecule has 1 aromatic carbocycles. The minimum Gasteiger partial charge on any atom is -0.376 e. The first-order chi connectivity index (χ1) is 13.9. The average molecular weight is 441 g/mol. The average Bonchev–Trinajstić information content (AvgIpc) is 2.67. The van der Waals surface area contributed by atoms with E-state index < -0.39 is 21.5 Å². The van der Waals surface area contributed by atoms with E-state index >= 15 is 0 Å². The Kier molecular flexibility index (Phi) is 6.98. The molecule has 0 aliphatic heterocycles. The molecule has 0 bridgehead atoms. The van der Waals surface area contributed by atoms with E-state index in [4.69, 9.17) is 0 Å². The Morgan fingerprint density at radius 2 is 1.87 bits per heavy atom. The van der Waals surface area contributed by atoms with E-state index in [0.717, 1.165) is 0 Å². The third kappa shape index (κ3) is 5.66. The number of hydrogen-bond donors (Lipinski definition) is 0. The van der Waals surface area contributed by atoms with Crippen LogP contribution in [0.15, 0.2) is 49.2 Å². The highest BCUT2D eigenvalue weighted by atomic mass is 32.2. The number of aromatic nitrogens is 2. The molecule has 0 amide bonds. The largest absolute Gasteiger partial charge is 0.534 e. The van der Waals surface area contributed by atoms with Crippen molar-refractivity contribution >= 4 is 22.0 Å². The SMILES string of the molecule is C=Cc1nc(-c2ccccc2)nc(OS(=O)(=O)C(F)(F)F)c1CN(C)/C=C/C(C)=O. The number of benzene rings is 1. The van der Waals surface area contributed by atoms with Crippen LogP contribution in [-0.4, -0.2) is 41.6 Å². The van der Waals surface area contributed by atoms with Crippen molar-refractivity contribution < 1.29 is 30.6 Å². The van der Waals surface area contributed by atoms with Gasteiger partial charge in [-0.1, -0.05) is 36.9 Å². The maximum atomic E-state index is 12.9. The molecule has 0 unspecified atom stereocenters. The molecule has 1 aromatic heterocycles. The second-order valence-corrected chi connectivity index (χ2v) is 7.65. The summed E-state index contributed by atoms with van der Waals surface area (Å²) in [6.45, 7) is 4.76. The van der Waals surface area contributed by atoms with Gasteiger partial charge in [-0.3, -0.25) is 4.79 Å². The van der Waals surface area contributed by atoms with E-state index in [1.54, 1.807) is 30.3 Å². The van der Waals surface area contributed by atoms with Crippen molar-refractivity contribution in [3.63, 3.8) is 0 Å². The Morgan fingerprint density at radius 1 is 1.23 bits per heavy atom. The number of nitrogens with zero attached hydrogens (tertiary/aromatic N) is 3. The van der Waals surface area contributed by atoms with Crippen molar-refractivity contribution in [2.45, 2.75) is 19.0 Å². The zero-order valence-corrected chi connectivity index (χ0v) is 16.9. The molecule has 2 aromatic rings. The van der Waals surface area contributed by atoms with Crippen molar-refractivity contribution in [2.24, 2.45) is 0 Å². The van der Waals surface area contributed by atoms with Gasteiger partial charge in [-0.2, -0.15) is 26.6 Å². The molecule has 0 spiro atoms. The quantitative estimate of drug-likeness (QED) is 0.352. The van der Waals surface area contributed by atoms with Crippen molar-refractivity contribution in [1.29, 1.82) is 0 Å². The first-order valence-electron chi connectivity index (χ1n) is 8.43. The highest BCUT2D eigenvalue weighted by molar-refractivity contribution is 7.87. The summed E-state index contributed by atoms with van der Waals surface area (Å²) in [6, 6.07) is 8.24. The molecule has 160 valence electrons. The van der Waals surface area contributed by atoms with Crippen LogP contribution in [0.4, 0.5) is 13.2 Å². The number of carbonyl (C=O) groups is 1. The number of halogens is 3. The van der Waals surface area contributed by atoms with Crippen LogP contribution in [0.25, 0.3) is 17.5 Å². The van der Waals surface area contributed by atoms with Crippen LogP contribution >= 0.6 is 0 Å². The zero-order chi connectivity index (χ0) is 22.5. The van der Waals surface area contributed by atoms with E-state index in [1.165, 1.54) is 37.2 Å². The number of carbonyl (C=O) groups excluding carboxylic acids is 1. The smallest absolute Gasteiger partial charge is 0.376 e. The van der Waals surface area contributed by atoms with Crippen LogP contribution in [0.1, 0.15) is 18.2 Å². The Bertz CT molecular complexity index is 1070. The monoisotopic (exact) mass is 441 g/mol. The molecular weight excluding hydrogens is 423 g/mol. The molecule has 0 N–H and O–H groups in total. The topological polar surface area (TPSA) is 89.5 Å². The second-order valence-electron chi connectivity index (χ2n) is 6.11. The van der Waals surface area contributed by atoms with Gasteiger partial charge in [0.05, 0.1) is 11.3 Å². The van der Waals surface area contributed by atoms with Gasteiger partial charge >= 0.3 is 15.6 Å². The molecule has 0 saturated carbocycles. The highest BCUT2D eigenvalue weighted by Gasteiger charge is 2.49. The predicted molar refractivity (Wildman–Crippen MR) is 104 cm³/mol. The third-order valence-electron chi connectivity index (χ3n) is 3.67. The summed E-state index contributed by atoms with van der Waals surface area (Å²) in [5.41, 5.74) is -5.17. The molecule has 0 saturated heterocycles. The van der Waals surface area contributed by atoms with Crippen LogP contribution in [0.2, 0.25) is 0 Å².